The minimum absolute atomic E-state index is 0.193. The van der Waals surface area contributed by atoms with Crippen LogP contribution in [0, 0.1) is 6.92 Å². The zero-order valence-electron chi connectivity index (χ0n) is 12.3. The van der Waals surface area contributed by atoms with E-state index in [9.17, 15) is 4.79 Å². The van der Waals surface area contributed by atoms with Gasteiger partial charge in [0.25, 0.3) is 0 Å². The Morgan fingerprint density at radius 3 is 2.57 bits per heavy atom. The number of carbonyl (C=O) groups excluding carboxylic acids is 1. The molecular formula is C17H14Cl2N2OS. The first-order valence-corrected chi connectivity index (χ1v) is 7.93. The van der Waals surface area contributed by atoms with Crippen molar-refractivity contribution in [1.82, 2.24) is 5.32 Å². The van der Waals surface area contributed by atoms with Crippen molar-refractivity contribution in [1.29, 1.82) is 0 Å². The maximum absolute atomic E-state index is 11.9. The number of carbonyl (C=O) groups is 1. The van der Waals surface area contributed by atoms with E-state index in [1.54, 1.807) is 18.2 Å². The highest BCUT2D eigenvalue weighted by Crippen LogP contribution is 2.20. The van der Waals surface area contributed by atoms with Gasteiger partial charge in [-0.1, -0.05) is 47.5 Å². The third-order valence-corrected chi connectivity index (χ3v) is 3.94. The summed E-state index contributed by atoms with van der Waals surface area (Å²) in [6.45, 7) is 1.91. The fourth-order valence-corrected chi connectivity index (χ4v) is 2.36. The van der Waals surface area contributed by atoms with Crippen molar-refractivity contribution in [3.63, 3.8) is 0 Å². The second kappa shape index (κ2) is 8.11. The standard InChI is InChI=1S/C17H14Cl2N2OS/c1-11-6-8-13(10-15(11)19)20-17(23)21-16(22)9-7-12-4-2-3-5-14(12)18/h2-10H,1H3,(H2,20,21,22,23)/b9-7-. The van der Waals surface area contributed by atoms with Crippen LogP contribution in [0.15, 0.2) is 48.5 Å². The highest BCUT2D eigenvalue weighted by atomic mass is 35.5. The number of halogens is 2. The fraction of sp³-hybridized carbons (Fsp3) is 0.0588. The lowest BCUT2D eigenvalue weighted by Gasteiger charge is -2.09. The van der Waals surface area contributed by atoms with Crippen LogP contribution in [0.4, 0.5) is 5.69 Å². The summed E-state index contributed by atoms with van der Waals surface area (Å²) in [6.07, 6.45) is 3.00. The molecule has 6 heteroatoms. The molecule has 3 nitrogen and oxygen atoms in total. The van der Waals surface area contributed by atoms with Crippen LogP contribution in [0.5, 0.6) is 0 Å². The van der Waals surface area contributed by atoms with E-state index in [1.165, 1.54) is 6.08 Å². The maximum atomic E-state index is 11.9. The molecule has 0 heterocycles. The summed E-state index contributed by atoms with van der Waals surface area (Å²) in [5.74, 6) is -0.347. The van der Waals surface area contributed by atoms with Gasteiger partial charge < -0.3 is 5.32 Å². The van der Waals surface area contributed by atoms with Gasteiger partial charge in [-0.3, -0.25) is 10.1 Å². The normalized spacial score (nSPS) is 10.6. The number of aryl methyl sites for hydroxylation is 1. The summed E-state index contributed by atoms with van der Waals surface area (Å²) in [4.78, 5) is 11.9. The van der Waals surface area contributed by atoms with E-state index in [2.05, 4.69) is 10.6 Å². The number of hydrogen-bond acceptors (Lipinski definition) is 2. The molecule has 0 aliphatic rings. The van der Waals surface area contributed by atoms with Crippen LogP contribution >= 0.6 is 35.4 Å². The Labute approximate surface area is 150 Å². The summed E-state index contributed by atoms with van der Waals surface area (Å²) in [5.41, 5.74) is 2.43. The number of anilines is 1. The quantitative estimate of drug-likeness (QED) is 0.605. The number of nitrogens with one attached hydrogen (secondary N) is 2. The fourth-order valence-electron chi connectivity index (χ4n) is 1.76. The second-order valence-electron chi connectivity index (χ2n) is 4.76. The van der Waals surface area contributed by atoms with E-state index in [0.29, 0.717) is 15.7 Å². The van der Waals surface area contributed by atoms with Gasteiger partial charge in [0, 0.05) is 21.8 Å². The molecule has 2 N–H and O–H groups in total. The Hall–Kier alpha value is -1.88. The summed E-state index contributed by atoms with van der Waals surface area (Å²) in [6, 6.07) is 12.7. The van der Waals surface area contributed by atoms with Crippen molar-refractivity contribution in [3.8, 4) is 0 Å². The van der Waals surface area contributed by atoms with Crippen LogP contribution in [-0.4, -0.2) is 11.0 Å². The second-order valence-corrected chi connectivity index (χ2v) is 5.98. The van der Waals surface area contributed by atoms with E-state index in [1.807, 2.05) is 37.3 Å². The molecule has 2 aromatic rings. The molecule has 0 saturated carbocycles. The molecule has 2 rings (SSSR count). The zero-order chi connectivity index (χ0) is 16.8. The molecule has 0 aliphatic heterocycles. The minimum Gasteiger partial charge on any atom is -0.332 e. The van der Waals surface area contributed by atoms with Crippen LogP contribution in [-0.2, 0) is 4.79 Å². The average molecular weight is 365 g/mol. The summed E-state index contributed by atoms with van der Waals surface area (Å²) in [5, 5.41) is 6.86. The molecule has 0 bridgehead atoms. The van der Waals surface area contributed by atoms with Gasteiger partial charge in [0.1, 0.15) is 0 Å². The largest absolute Gasteiger partial charge is 0.332 e. The first kappa shape index (κ1) is 17.5. The molecule has 2 aromatic carbocycles. The van der Waals surface area contributed by atoms with E-state index >= 15 is 0 Å². The Balaban J connectivity index is 1.93. The Morgan fingerprint density at radius 1 is 1.13 bits per heavy atom. The molecule has 0 aromatic heterocycles. The van der Waals surface area contributed by atoms with Gasteiger partial charge in [0.05, 0.1) is 0 Å². The van der Waals surface area contributed by atoms with Crippen molar-refractivity contribution in [2.24, 2.45) is 0 Å². The lowest BCUT2D eigenvalue weighted by atomic mass is 10.2. The van der Waals surface area contributed by atoms with E-state index < -0.39 is 0 Å². The SMILES string of the molecule is Cc1ccc(NC(=S)NC(=O)/C=C\c2ccccc2Cl)cc1Cl. The molecule has 1 amide bonds. The number of thiocarbonyl (C=S) groups is 1. The number of benzene rings is 2. The van der Waals surface area contributed by atoms with E-state index in [4.69, 9.17) is 35.4 Å². The highest BCUT2D eigenvalue weighted by molar-refractivity contribution is 7.80. The molecule has 118 valence electrons. The monoisotopic (exact) mass is 364 g/mol. The summed E-state index contributed by atoms with van der Waals surface area (Å²) >= 11 is 17.2. The molecule has 0 unspecified atom stereocenters. The Morgan fingerprint density at radius 2 is 1.87 bits per heavy atom. The minimum atomic E-state index is -0.347. The molecule has 0 fully saturated rings. The van der Waals surface area contributed by atoms with Gasteiger partial charge in [0.15, 0.2) is 5.11 Å². The first-order chi connectivity index (χ1) is 11.0. The van der Waals surface area contributed by atoms with Gasteiger partial charge in [-0.25, -0.2) is 0 Å². The van der Waals surface area contributed by atoms with Gasteiger partial charge >= 0.3 is 0 Å². The summed E-state index contributed by atoms with van der Waals surface area (Å²) in [7, 11) is 0. The van der Waals surface area contributed by atoms with Crippen LogP contribution < -0.4 is 10.6 Å². The zero-order valence-corrected chi connectivity index (χ0v) is 14.6. The molecule has 0 aliphatic carbocycles. The molecule has 0 spiro atoms. The third-order valence-electron chi connectivity index (χ3n) is 2.99. The molecular weight excluding hydrogens is 351 g/mol. The van der Waals surface area contributed by atoms with Crippen LogP contribution in [0.1, 0.15) is 11.1 Å². The Kier molecular flexibility index (Phi) is 6.16. The van der Waals surface area contributed by atoms with Crippen molar-refractivity contribution in [3.05, 3.63) is 69.7 Å². The van der Waals surface area contributed by atoms with E-state index in [-0.39, 0.29) is 11.0 Å². The Bertz CT molecular complexity index is 775. The molecule has 0 atom stereocenters. The average Bonchev–Trinajstić information content (AvgIpc) is 2.50. The van der Waals surface area contributed by atoms with Crippen LogP contribution in [0.3, 0.4) is 0 Å². The van der Waals surface area contributed by atoms with Gasteiger partial charge in [-0.2, -0.15) is 0 Å². The van der Waals surface area contributed by atoms with Crippen LogP contribution in [0.25, 0.3) is 6.08 Å². The van der Waals surface area contributed by atoms with Crippen molar-refractivity contribution >= 4 is 58.2 Å². The molecule has 0 saturated heterocycles. The topological polar surface area (TPSA) is 41.1 Å². The predicted molar refractivity (Wildman–Crippen MR) is 101 cm³/mol. The lowest BCUT2D eigenvalue weighted by Crippen LogP contribution is -2.32. The van der Waals surface area contributed by atoms with Crippen molar-refractivity contribution in [2.75, 3.05) is 5.32 Å². The van der Waals surface area contributed by atoms with Crippen molar-refractivity contribution < 1.29 is 4.79 Å². The molecule has 0 radical (unpaired) electrons. The lowest BCUT2D eigenvalue weighted by molar-refractivity contribution is -0.115. The highest BCUT2D eigenvalue weighted by Gasteiger charge is 2.03. The number of amides is 1. The van der Waals surface area contributed by atoms with Crippen molar-refractivity contribution in [2.45, 2.75) is 6.92 Å². The van der Waals surface area contributed by atoms with E-state index in [0.717, 1.165) is 11.1 Å². The van der Waals surface area contributed by atoms with Gasteiger partial charge in [-0.15, -0.1) is 0 Å². The first-order valence-electron chi connectivity index (χ1n) is 6.76. The number of rotatable bonds is 3. The molecule has 23 heavy (non-hydrogen) atoms. The third kappa shape index (κ3) is 5.36. The van der Waals surface area contributed by atoms with Crippen LogP contribution in [0.2, 0.25) is 10.0 Å². The van der Waals surface area contributed by atoms with Gasteiger partial charge in [-0.05, 0) is 54.5 Å². The maximum Gasteiger partial charge on any atom is 0.250 e. The smallest absolute Gasteiger partial charge is 0.250 e. The summed E-state index contributed by atoms with van der Waals surface area (Å²) < 4.78 is 0. The predicted octanol–water partition coefficient (Wildman–Crippen LogP) is 4.83. The number of hydrogen-bond donors (Lipinski definition) is 2. The van der Waals surface area contributed by atoms with Gasteiger partial charge in [0.2, 0.25) is 5.91 Å².